The zero-order chi connectivity index (χ0) is 44.5. The second kappa shape index (κ2) is 18.8. The molecule has 0 aromatic heterocycles. The Bertz CT molecular complexity index is 1670. The zero-order valence-electron chi connectivity index (χ0n) is 35.6. The highest BCUT2D eigenvalue weighted by atomic mass is 19.4. The number of hydrogen-bond donors (Lipinski definition) is 3. The lowest BCUT2D eigenvalue weighted by atomic mass is 9.78. The van der Waals surface area contributed by atoms with Gasteiger partial charge < -0.3 is 43.9 Å². The number of nitrogens with zero attached hydrogens (tertiary/aromatic N) is 3. The van der Waals surface area contributed by atoms with E-state index in [4.69, 9.17) is 23.7 Å². The first-order chi connectivity index (χ1) is 27.2. The van der Waals surface area contributed by atoms with E-state index in [1.54, 1.807) is 27.9 Å². The van der Waals surface area contributed by atoms with Crippen LogP contribution in [0.2, 0.25) is 0 Å². The molecule has 3 saturated heterocycles. The minimum atomic E-state index is -4.97. The molecular weight excluding hydrogens is 783 g/mol. The molecular formula is C41H62F3N3O12. The van der Waals surface area contributed by atoms with Gasteiger partial charge in [-0.2, -0.15) is 13.2 Å². The number of likely N-dealkylation sites (N-methyl/N-ethyl adjacent to an activating group) is 1. The molecule has 59 heavy (non-hydrogen) atoms. The monoisotopic (exact) mass is 845 g/mol. The second-order valence-electron chi connectivity index (χ2n) is 17.5. The van der Waals surface area contributed by atoms with Crippen LogP contribution in [0.3, 0.4) is 0 Å². The maximum Gasteiger partial charge on any atom is 0.416 e. The summed E-state index contributed by atoms with van der Waals surface area (Å²) in [6.07, 6.45) is -12.5. The molecule has 4 rings (SSSR count). The van der Waals surface area contributed by atoms with Crippen molar-refractivity contribution in [3.8, 4) is 0 Å². The number of cyclic esters (lactones) is 1. The van der Waals surface area contributed by atoms with Gasteiger partial charge in [0.2, 0.25) is 0 Å². The minimum absolute atomic E-state index is 0.000850. The number of nitro groups is 1. The van der Waals surface area contributed by atoms with Crippen LogP contribution in [-0.2, 0) is 34.7 Å². The largest absolute Gasteiger partial charge is 0.459 e. The third kappa shape index (κ3) is 11.0. The lowest BCUT2D eigenvalue weighted by Crippen LogP contribution is -2.60. The number of halogens is 3. The van der Waals surface area contributed by atoms with Crippen LogP contribution in [0.15, 0.2) is 30.4 Å². The molecule has 3 N–H and O–H groups in total. The van der Waals surface area contributed by atoms with Crippen molar-refractivity contribution in [2.45, 2.75) is 147 Å². The maximum absolute atomic E-state index is 14.3. The molecule has 0 radical (unpaired) electrons. The maximum atomic E-state index is 14.3. The first-order valence-electron chi connectivity index (χ1n) is 20.1. The summed E-state index contributed by atoms with van der Waals surface area (Å²) in [6, 6.07) is 0.506. The van der Waals surface area contributed by atoms with Crippen LogP contribution in [0, 0.1) is 27.9 Å². The van der Waals surface area contributed by atoms with Crippen molar-refractivity contribution < 1.29 is 66.7 Å². The van der Waals surface area contributed by atoms with E-state index in [1.165, 1.54) is 27.7 Å². The molecule has 0 aliphatic carbocycles. The van der Waals surface area contributed by atoms with Gasteiger partial charge in [0.05, 0.1) is 46.9 Å². The van der Waals surface area contributed by atoms with Crippen LogP contribution in [0.4, 0.5) is 18.9 Å². The van der Waals surface area contributed by atoms with Crippen LogP contribution in [0.1, 0.15) is 90.6 Å². The van der Waals surface area contributed by atoms with Crippen molar-refractivity contribution in [3.05, 3.63) is 51.6 Å². The average Bonchev–Trinajstić information content (AvgIpc) is 3.12. The Kier molecular flexibility index (Phi) is 15.4. The Morgan fingerprint density at radius 1 is 1.15 bits per heavy atom. The number of ether oxygens (including phenoxy) is 5. The van der Waals surface area contributed by atoms with Gasteiger partial charge >= 0.3 is 18.1 Å². The SMILES string of the molecule is C=C1CO[C@@H]2[C@@H](C)CN(C1)[C@H](C)C[C@@](C)(O)[C@H](O[C@@H]1O[C@H](C)C[C@H](N(C)C)[C@H]1O)[C@@H](C)[C@H](OC(=O)c1ccc(C(F)(F)F)cc1[N+](=O)[O-])[C@@H](C)C(=O)O[C@H](CC)[C@@]2(C)O. The summed E-state index contributed by atoms with van der Waals surface area (Å²) in [5.41, 5.74) is -6.30. The van der Waals surface area contributed by atoms with Crippen molar-refractivity contribution >= 4 is 17.6 Å². The Morgan fingerprint density at radius 3 is 2.37 bits per heavy atom. The number of carbonyl (C=O) groups excluding carboxylic acids is 2. The van der Waals surface area contributed by atoms with E-state index in [2.05, 4.69) is 11.5 Å². The van der Waals surface area contributed by atoms with Crippen LogP contribution in [0.25, 0.3) is 0 Å². The van der Waals surface area contributed by atoms with Crippen molar-refractivity contribution in [2.24, 2.45) is 17.8 Å². The van der Waals surface area contributed by atoms with Crippen LogP contribution in [0.5, 0.6) is 0 Å². The zero-order valence-corrected chi connectivity index (χ0v) is 35.6. The summed E-state index contributed by atoms with van der Waals surface area (Å²) >= 11 is 0. The lowest BCUT2D eigenvalue weighted by molar-refractivity contribution is -0.385. The number of benzene rings is 1. The van der Waals surface area contributed by atoms with Crippen molar-refractivity contribution in [1.82, 2.24) is 9.80 Å². The van der Waals surface area contributed by atoms with E-state index in [0.717, 1.165) is 0 Å². The number of aliphatic hydroxyl groups excluding tert-OH is 1. The Labute approximate surface area is 343 Å². The molecule has 1 aromatic rings. The molecule has 2 bridgehead atoms. The van der Waals surface area contributed by atoms with Gasteiger partial charge in [-0.3, -0.25) is 19.8 Å². The standard InChI is InChI=1S/C41H62F3N3O12/c1-12-31-40(9,52)34-22(3)19-46(18-21(2)20-55-34)23(4)17-39(8,51)35(59-38-32(48)30(45(10)11)15-24(5)56-38)25(6)33(26(7)36(49)57-31)58-37(50)28-14-13-27(41(42,43)44)16-29(28)47(53)54/h13-14,16,22-26,30-35,38,48,51-52H,2,12,15,17-20H2,1,3-11H3/t22-,23+,24+,25-,26+,30-,31+,32+,33-,34+,35+,38-,39+,40+/m0/s1. The minimum Gasteiger partial charge on any atom is -0.459 e. The van der Waals surface area contributed by atoms with Gasteiger partial charge in [0.15, 0.2) is 6.29 Å². The van der Waals surface area contributed by atoms with Crippen LogP contribution in [-0.4, -0.2) is 142 Å². The molecule has 3 fully saturated rings. The number of fused-ring (bicyclic) bond motifs is 3. The number of hydrogen-bond acceptors (Lipinski definition) is 14. The predicted octanol–water partition coefficient (Wildman–Crippen LogP) is 4.73. The first-order valence-corrected chi connectivity index (χ1v) is 20.1. The molecule has 334 valence electrons. The van der Waals surface area contributed by atoms with E-state index in [0.29, 0.717) is 37.2 Å². The molecule has 1 aromatic carbocycles. The number of nitro benzene ring substituents is 1. The topological polar surface area (TPSA) is 191 Å². The fourth-order valence-electron chi connectivity index (χ4n) is 9.03. The van der Waals surface area contributed by atoms with Gasteiger partial charge in [-0.1, -0.05) is 27.4 Å². The average molecular weight is 846 g/mol. The normalized spacial score (nSPS) is 39.4. The third-order valence-electron chi connectivity index (χ3n) is 12.1. The van der Waals surface area contributed by atoms with Gasteiger partial charge in [0.25, 0.3) is 5.69 Å². The highest BCUT2D eigenvalue weighted by molar-refractivity contribution is 5.94. The van der Waals surface area contributed by atoms with E-state index in [1.807, 2.05) is 18.7 Å². The van der Waals surface area contributed by atoms with Crippen LogP contribution < -0.4 is 0 Å². The van der Waals surface area contributed by atoms with Crippen molar-refractivity contribution in [3.63, 3.8) is 0 Å². The number of carbonyl (C=O) groups is 2. The lowest BCUT2D eigenvalue weighted by Gasteiger charge is -2.47. The van der Waals surface area contributed by atoms with Crippen LogP contribution >= 0.6 is 0 Å². The number of aliphatic hydroxyl groups is 3. The fraction of sp³-hybridized carbons (Fsp3) is 0.756. The van der Waals surface area contributed by atoms with Gasteiger partial charge in [0, 0.05) is 37.2 Å². The molecule has 0 saturated carbocycles. The summed E-state index contributed by atoms with van der Waals surface area (Å²) in [5, 5.41) is 48.4. The van der Waals surface area contributed by atoms with E-state index >= 15 is 0 Å². The summed E-state index contributed by atoms with van der Waals surface area (Å²) < 4.78 is 71.7. The van der Waals surface area contributed by atoms with Crippen molar-refractivity contribution in [2.75, 3.05) is 33.8 Å². The number of rotatable bonds is 7. The molecule has 3 heterocycles. The van der Waals surface area contributed by atoms with E-state index in [-0.39, 0.29) is 31.4 Å². The molecule has 1 unspecified atom stereocenters. The highest BCUT2D eigenvalue weighted by Crippen LogP contribution is 2.40. The molecule has 15 nitrogen and oxygen atoms in total. The number of alkyl halides is 3. The summed E-state index contributed by atoms with van der Waals surface area (Å²) in [4.78, 5) is 43.1. The van der Waals surface area contributed by atoms with E-state index in [9.17, 15) is 48.2 Å². The number of esters is 2. The van der Waals surface area contributed by atoms with E-state index < -0.39 is 118 Å². The summed E-state index contributed by atoms with van der Waals surface area (Å²) in [5.74, 6) is -5.38. The first kappa shape index (κ1) is 48.4. The summed E-state index contributed by atoms with van der Waals surface area (Å²) in [7, 11) is 3.57. The smallest absolute Gasteiger partial charge is 0.416 e. The van der Waals surface area contributed by atoms with Gasteiger partial charge in [-0.25, -0.2) is 4.79 Å². The van der Waals surface area contributed by atoms with Crippen molar-refractivity contribution in [1.29, 1.82) is 0 Å². The summed E-state index contributed by atoms with van der Waals surface area (Å²) in [6.45, 7) is 18.2. The predicted molar refractivity (Wildman–Crippen MR) is 208 cm³/mol. The molecule has 0 spiro atoms. The quantitative estimate of drug-likeness (QED) is 0.148. The van der Waals surface area contributed by atoms with Gasteiger partial charge in [-0.05, 0) is 91.6 Å². The Morgan fingerprint density at radius 2 is 1.80 bits per heavy atom. The molecule has 3 aliphatic rings. The fourth-order valence-corrected chi connectivity index (χ4v) is 9.03. The third-order valence-corrected chi connectivity index (χ3v) is 12.1. The molecule has 0 amide bonds. The Balaban J connectivity index is 1.91. The molecule has 15 atom stereocenters. The Hall–Kier alpha value is -3.23. The second-order valence-corrected chi connectivity index (χ2v) is 17.5. The molecule has 18 heteroatoms. The van der Waals surface area contributed by atoms with Gasteiger partial charge in [0.1, 0.15) is 29.5 Å². The van der Waals surface area contributed by atoms with Gasteiger partial charge in [-0.15, -0.1) is 0 Å². The highest BCUT2D eigenvalue weighted by Gasteiger charge is 2.52. The molecule has 3 aliphatic heterocycles.